The topological polar surface area (TPSA) is 52.7 Å². The van der Waals surface area contributed by atoms with E-state index in [1.807, 2.05) is 31.2 Å². The molecule has 1 atom stereocenters. The van der Waals surface area contributed by atoms with E-state index in [1.54, 1.807) is 23.3 Å². The second kappa shape index (κ2) is 7.72. The maximum absolute atomic E-state index is 12.6. The fraction of sp³-hybridized carbons (Fsp3) is 0.444. The van der Waals surface area contributed by atoms with Crippen LogP contribution in [-0.2, 0) is 16.1 Å². The molecule has 134 valence electrons. The van der Waals surface area contributed by atoms with Gasteiger partial charge < -0.3 is 10.2 Å². The fourth-order valence-corrected chi connectivity index (χ4v) is 4.70. The molecule has 2 heterocycles. The molecule has 1 aromatic heterocycles. The zero-order chi connectivity index (χ0) is 18.0. The van der Waals surface area contributed by atoms with E-state index in [-0.39, 0.29) is 24.3 Å². The number of nitrogens with one attached hydrogen (secondary N) is 1. The molecule has 1 N–H and O–H groups in total. The molecule has 3 rings (SSSR count). The number of piperazine rings is 1. The fourth-order valence-electron chi connectivity index (χ4n) is 3.15. The number of likely N-dealkylation sites (N-methyl/N-ethyl adjacent to an activating group) is 1. The van der Waals surface area contributed by atoms with Crippen LogP contribution in [0.2, 0.25) is 5.02 Å². The molecule has 1 unspecified atom stereocenters. The molecule has 7 heteroatoms. The summed E-state index contributed by atoms with van der Waals surface area (Å²) >= 11 is 8.07. The molecule has 0 spiro atoms. The Morgan fingerprint density at radius 1 is 1.44 bits per heavy atom. The third kappa shape index (κ3) is 3.81. The van der Waals surface area contributed by atoms with Crippen LogP contribution in [0.5, 0.6) is 0 Å². The number of hydrogen-bond donors (Lipinski definition) is 1. The lowest BCUT2D eigenvalue weighted by Gasteiger charge is -2.34. The van der Waals surface area contributed by atoms with Gasteiger partial charge in [0.15, 0.2) is 0 Å². The summed E-state index contributed by atoms with van der Waals surface area (Å²) in [6, 6.07) is 7.58. The highest BCUT2D eigenvalue weighted by molar-refractivity contribution is 7.19. The second-order valence-corrected chi connectivity index (χ2v) is 7.74. The van der Waals surface area contributed by atoms with Gasteiger partial charge in [0.1, 0.15) is 0 Å². The molecule has 25 heavy (non-hydrogen) atoms. The summed E-state index contributed by atoms with van der Waals surface area (Å²) < 4.78 is 1.12. The van der Waals surface area contributed by atoms with Gasteiger partial charge in [-0.05, 0) is 12.6 Å². The van der Waals surface area contributed by atoms with E-state index in [9.17, 15) is 9.59 Å². The van der Waals surface area contributed by atoms with E-state index in [2.05, 4.69) is 10.2 Å². The smallest absolute Gasteiger partial charge is 0.237 e. The van der Waals surface area contributed by atoms with Gasteiger partial charge in [0, 0.05) is 35.1 Å². The van der Waals surface area contributed by atoms with Gasteiger partial charge in [-0.25, -0.2) is 0 Å². The van der Waals surface area contributed by atoms with Crippen molar-refractivity contribution in [2.75, 3.05) is 26.7 Å². The largest absolute Gasteiger partial charge is 0.353 e. The Bertz CT molecular complexity index is 792. The predicted octanol–water partition coefficient (Wildman–Crippen LogP) is 2.72. The minimum absolute atomic E-state index is 0.0472. The van der Waals surface area contributed by atoms with Crippen molar-refractivity contribution in [3.8, 4) is 0 Å². The van der Waals surface area contributed by atoms with Crippen molar-refractivity contribution in [3.05, 3.63) is 34.2 Å². The van der Waals surface area contributed by atoms with Crippen LogP contribution >= 0.6 is 22.9 Å². The lowest BCUT2D eigenvalue weighted by molar-refractivity contribution is -0.138. The molecular weight excluding hydrogens is 358 g/mol. The molecule has 1 aliphatic heterocycles. The maximum Gasteiger partial charge on any atom is 0.237 e. The summed E-state index contributed by atoms with van der Waals surface area (Å²) in [6.45, 7) is 4.65. The van der Waals surface area contributed by atoms with Gasteiger partial charge in [-0.3, -0.25) is 14.5 Å². The summed E-state index contributed by atoms with van der Waals surface area (Å²) in [7, 11) is 1.76. The summed E-state index contributed by atoms with van der Waals surface area (Å²) in [5.41, 5.74) is 0. The van der Waals surface area contributed by atoms with Gasteiger partial charge in [-0.1, -0.05) is 36.7 Å². The van der Waals surface area contributed by atoms with E-state index in [1.165, 1.54) is 0 Å². The zero-order valence-electron chi connectivity index (χ0n) is 14.4. The number of benzene rings is 1. The number of thiophene rings is 1. The molecule has 1 aromatic carbocycles. The van der Waals surface area contributed by atoms with Gasteiger partial charge in [0.25, 0.3) is 0 Å². The van der Waals surface area contributed by atoms with Crippen molar-refractivity contribution >= 4 is 44.8 Å². The Hall–Kier alpha value is -1.63. The number of hydrogen-bond acceptors (Lipinski definition) is 4. The van der Waals surface area contributed by atoms with Crippen molar-refractivity contribution < 1.29 is 9.59 Å². The van der Waals surface area contributed by atoms with E-state index < -0.39 is 0 Å². The normalized spacial score (nSPS) is 18.4. The molecule has 1 saturated heterocycles. The van der Waals surface area contributed by atoms with Crippen molar-refractivity contribution in [2.24, 2.45) is 0 Å². The number of carbonyl (C=O) groups excluding carboxylic acids is 2. The van der Waals surface area contributed by atoms with Crippen LogP contribution in [0.15, 0.2) is 24.3 Å². The minimum atomic E-state index is -0.383. The van der Waals surface area contributed by atoms with Crippen LogP contribution in [0.25, 0.3) is 10.1 Å². The number of amides is 2. The van der Waals surface area contributed by atoms with Gasteiger partial charge in [0.05, 0.1) is 24.0 Å². The number of rotatable bonds is 5. The first-order chi connectivity index (χ1) is 12.0. The van der Waals surface area contributed by atoms with Crippen LogP contribution in [0, 0.1) is 0 Å². The first-order valence-corrected chi connectivity index (χ1v) is 9.62. The summed E-state index contributed by atoms with van der Waals surface area (Å²) in [5.74, 6) is -0.108. The monoisotopic (exact) mass is 379 g/mol. The van der Waals surface area contributed by atoms with Gasteiger partial charge in [-0.2, -0.15) is 0 Å². The molecule has 2 aromatic rings. The molecule has 2 amide bonds. The first kappa shape index (κ1) is 18.2. The zero-order valence-corrected chi connectivity index (χ0v) is 16.0. The minimum Gasteiger partial charge on any atom is -0.353 e. The number of carbonyl (C=O) groups is 2. The Labute approximate surface area is 156 Å². The molecular formula is C18H22ClN3O2S. The van der Waals surface area contributed by atoms with Gasteiger partial charge in [-0.15, -0.1) is 11.3 Å². The van der Waals surface area contributed by atoms with Crippen molar-refractivity contribution in [1.29, 1.82) is 0 Å². The molecule has 1 aliphatic rings. The first-order valence-electron chi connectivity index (χ1n) is 8.43. The predicted molar refractivity (Wildman–Crippen MR) is 102 cm³/mol. The third-order valence-corrected chi connectivity index (χ3v) is 6.32. The molecule has 0 radical (unpaired) electrons. The quantitative estimate of drug-likeness (QED) is 0.869. The SMILES string of the molecule is CCN1CCNC(=O)C1CC(=O)N(C)Cc1sc2ccccc2c1Cl. The molecule has 0 saturated carbocycles. The van der Waals surface area contributed by atoms with E-state index in [0.29, 0.717) is 18.1 Å². The average Bonchev–Trinajstić information content (AvgIpc) is 2.92. The molecule has 0 bridgehead atoms. The maximum atomic E-state index is 12.6. The second-order valence-electron chi connectivity index (χ2n) is 6.22. The Balaban J connectivity index is 1.69. The van der Waals surface area contributed by atoms with E-state index in [0.717, 1.165) is 28.1 Å². The Morgan fingerprint density at radius 2 is 2.20 bits per heavy atom. The lowest BCUT2D eigenvalue weighted by Crippen LogP contribution is -2.56. The van der Waals surface area contributed by atoms with Gasteiger partial charge >= 0.3 is 0 Å². The van der Waals surface area contributed by atoms with Crippen LogP contribution < -0.4 is 5.32 Å². The molecule has 0 aliphatic carbocycles. The van der Waals surface area contributed by atoms with Crippen molar-refractivity contribution in [2.45, 2.75) is 25.9 Å². The summed E-state index contributed by atoms with van der Waals surface area (Å²) in [5, 5.41) is 4.58. The van der Waals surface area contributed by atoms with Crippen molar-refractivity contribution in [3.63, 3.8) is 0 Å². The Morgan fingerprint density at radius 3 is 2.92 bits per heavy atom. The van der Waals surface area contributed by atoms with E-state index >= 15 is 0 Å². The highest BCUT2D eigenvalue weighted by atomic mass is 35.5. The highest BCUT2D eigenvalue weighted by Gasteiger charge is 2.31. The summed E-state index contributed by atoms with van der Waals surface area (Å²) in [6.07, 6.45) is 0.193. The van der Waals surface area contributed by atoms with Crippen LogP contribution in [0.1, 0.15) is 18.2 Å². The average molecular weight is 380 g/mol. The standard InChI is InChI=1S/C18H22ClN3O2S/c1-3-22-9-8-20-18(24)13(22)10-16(23)21(2)11-15-17(19)12-6-4-5-7-14(12)25-15/h4-7,13H,3,8-11H2,1-2H3,(H,20,24). The summed E-state index contributed by atoms with van der Waals surface area (Å²) in [4.78, 5) is 29.4. The number of fused-ring (bicyclic) bond motifs is 1. The van der Waals surface area contributed by atoms with Crippen LogP contribution in [0.4, 0.5) is 0 Å². The highest BCUT2D eigenvalue weighted by Crippen LogP contribution is 2.35. The van der Waals surface area contributed by atoms with E-state index in [4.69, 9.17) is 11.6 Å². The van der Waals surface area contributed by atoms with Crippen molar-refractivity contribution in [1.82, 2.24) is 15.1 Å². The number of halogens is 1. The lowest BCUT2D eigenvalue weighted by atomic mass is 10.1. The molecule has 5 nitrogen and oxygen atoms in total. The molecule has 1 fully saturated rings. The van der Waals surface area contributed by atoms with Gasteiger partial charge in [0.2, 0.25) is 11.8 Å². The number of nitrogens with zero attached hydrogens (tertiary/aromatic N) is 2. The third-order valence-electron chi connectivity index (χ3n) is 4.62. The van der Waals surface area contributed by atoms with Crippen LogP contribution in [-0.4, -0.2) is 54.3 Å². The van der Waals surface area contributed by atoms with Crippen LogP contribution in [0.3, 0.4) is 0 Å². The Kier molecular flexibility index (Phi) is 5.61.